The number of hydrogen-bond donors (Lipinski definition) is 1. The maximum atomic E-state index is 13.5. The van der Waals surface area contributed by atoms with Crippen molar-refractivity contribution < 1.29 is 13.6 Å². The first-order valence-electron chi connectivity index (χ1n) is 7.58. The molecule has 0 spiro atoms. The van der Waals surface area contributed by atoms with Crippen LogP contribution in [0.2, 0.25) is 0 Å². The van der Waals surface area contributed by atoms with Crippen molar-refractivity contribution >= 4 is 17.7 Å². The van der Waals surface area contributed by atoms with Crippen LogP contribution in [0.5, 0.6) is 0 Å². The zero-order valence-corrected chi connectivity index (χ0v) is 13.1. The molecule has 1 saturated carbocycles. The number of nitrogens with zero attached hydrogens (tertiary/aromatic N) is 1. The highest BCUT2D eigenvalue weighted by Crippen LogP contribution is 2.38. The van der Waals surface area contributed by atoms with Crippen molar-refractivity contribution in [2.75, 3.05) is 5.32 Å². The molecular weight excluding hydrogens is 298 g/mol. The summed E-state index contributed by atoms with van der Waals surface area (Å²) in [5, 5.41) is 2.41. The molecule has 2 aromatic rings. The fourth-order valence-electron chi connectivity index (χ4n) is 2.80. The third-order valence-corrected chi connectivity index (χ3v) is 4.04. The highest BCUT2D eigenvalue weighted by molar-refractivity contribution is 6.02. The third kappa shape index (κ3) is 3.33. The molecule has 3 nitrogen and oxygen atoms in total. The van der Waals surface area contributed by atoms with E-state index >= 15 is 0 Å². The summed E-state index contributed by atoms with van der Waals surface area (Å²) in [4.78, 5) is 11.9. The number of halogens is 2. The monoisotopic (exact) mass is 316 g/mol. The average molecular weight is 316 g/mol. The Balaban J connectivity index is 1.72. The molecule has 1 aliphatic rings. The number of hydrogen-bond acceptors (Lipinski definition) is 1. The van der Waals surface area contributed by atoms with E-state index in [0.29, 0.717) is 6.04 Å². The van der Waals surface area contributed by atoms with Gasteiger partial charge in [0.1, 0.15) is 11.6 Å². The van der Waals surface area contributed by atoms with E-state index in [1.54, 1.807) is 6.08 Å². The Morgan fingerprint density at radius 3 is 2.65 bits per heavy atom. The molecule has 120 valence electrons. The van der Waals surface area contributed by atoms with Gasteiger partial charge in [0.05, 0.1) is 5.69 Å². The molecule has 1 aromatic carbocycles. The van der Waals surface area contributed by atoms with Crippen molar-refractivity contribution in [1.29, 1.82) is 0 Å². The first-order valence-corrected chi connectivity index (χ1v) is 7.58. The van der Waals surface area contributed by atoms with E-state index in [1.807, 2.05) is 13.0 Å². The standard InChI is InChI=1S/C18H18F2N2O/c1-11-9-13(12(2)22(11)15-5-6-15)3-8-18(23)21-17-7-4-14(19)10-16(17)20/h3-4,7-10,15H,5-6H2,1-2H3,(H,21,23)/b8-3+. The van der Waals surface area contributed by atoms with Crippen LogP contribution in [0.25, 0.3) is 6.08 Å². The summed E-state index contributed by atoms with van der Waals surface area (Å²) in [6.07, 6.45) is 5.48. The van der Waals surface area contributed by atoms with Crippen LogP contribution < -0.4 is 5.32 Å². The number of aromatic nitrogens is 1. The maximum Gasteiger partial charge on any atom is 0.248 e. The van der Waals surface area contributed by atoms with E-state index in [4.69, 9.17) is 0 Å². The lowest BCUT2D eigenvalue weighted by atomic mass is 10.2. The number of carbonyl (C=O) groups excluding carboxylic acids is 1. The van der Waals surface area contributed by atoms with E-state index in [-0.39, 0.29) is 5.69 Å². The van der Waals surface area contributed by atoms with Crippen molar-refractivity contribution in [3.63, 3.8) is 0 Å². The third-order valence-electron chi connectivity index (χ3n) is 4.04. The minimum atomic E-state index is -0.793. The summed E-state index contributed by atoms with van der Waals surface area (Å²) in [6.45, 7) is 4.08. The number of anilines is 1. The fourth-order valence-corrected chi connectivity index (χ4v) is 2.80. The largest absolute Gasteiger partial charge is 0.346 e. The molecule has 1 aromatic heterocycles. The molecule has 5 heteroatoms. The summed E-state index contributed by atoms with van der Waals surface area (Å²) in [7, 11) is 0. The van der Waals surface area contributed by atoms with Crippen LogP contribution in [0.4, 0.5) is 14.5 Å². The van der Waals surface area contributed by atoms with E-state index in [1.165, 1.54) is 30.7 Å². The quantitative estimate of drug-likeness (QED) is 0.835. The zero-order valence-electron chi connectivity index (χ0n) is 13.1. The Morgan fingerprint density at radius 2 is 2.00 bits per heavy atom. The molecule has 0 saturated heterocycles. The first kappa shape index (κ1) is 15.5. The van der Waals surface area contributed by atoms with Gasteiger partial charge in [-0.1, -0.05) is 0 Å². The number of aryl methyl sites for hydroxylation is 1. The van der Waals surface area contributed by atoms with Crippen molar-refractivity contribution in [2.45, 2.75) is 32.7 Å². The highest BCUT2D eigenvalue weighted by Gasteiger charge is 2.26. The van der Waals surface area contributed by atoms with Gasteiger partial charge in [0, 0.05) is 29.6 Å². The maximum absolute atomic E-state index is 13.5. The summed E-state index contributed by atoms with van der Waals surface area (Å²) in [5.41, 5.74) is 3.24. The van der Waals surface area contributed by atoms with Crippen LogP contribution in [0, 0.1) is 25.5 Å². The van der Waals surface area contributed by atoms with Gasteiger partial charge in [-0.15, -0.1) is 0 Å². The summed E-state index contributed by atoms with van der Waals surface area (Å²) < 4.78 is 28.6. The van der Waals surface area contributed by atoms with Gasteiger partial charge in [-0.2, -0.15) is 0 Å². The van der Waals surface area contributed by atoms with Gasteiger partial charge in [-0.05, 0) is 56.5 Å². The Hall–Kier alpha value is -2.43. The molecule has 1 amide bonds. The zero-order chi connectivity index (χ0) is 16.6. The van der Waals surface area contributed by atoms with Gasteiger partial charge in [0.25, 0.3) is 0 Å². The van der Waals surface area contributed by atoms with E-state index in [9.17, 15) is 13.6 Å². The fraction of sp³-hybridized carbons (Fsp3) is 0.278. The van der Waals surface area contributed by atoms with E-state index < -0.39 is 17.5 Å². The lowest BCUT2D eigenvalue weighted by molar-refractivity contribution is -0.111. The number of nitrogens with one attached hydrogen (secondary N) is 1. The van der Waals surface area contributed by atoms with Crippen LogP contribution in [0.15, 0.2) is 30.3 Å². The predicted molar refractivity (Wildman–Crippen MR) is 86.2 cm³/mol. The van der Waals surface area contributed by atoms with Crippen LogP contribution in [-0.4, -0.2) is 10.5 Å². The summed E-state index contributed by atoms with van der Waals surface area (Å²) in [6, 6.07) is 5.67. The van der Waals surface area contributed by atoms with Crippen molar-refractivity contribution in [1.82, 2.24) is 4.57 Å². The Bertz CT molecular complexity index is 789. The Morgan fingerprint density at radius 1 is 1.26 bits per heavy atom. The molecule has 0 bridgehead atoms. The van der Waals surface area contributed by atoms with Crippen LogP contribution in [0.3, 0.4) is 0 Å². The van der Waals surface area contributed by atoms with Gasteiger partial charge in [-0.25, -0.2) is 8.78 Å². The average Bonchev–Trinajstić information content (AvgIpc) is 3.27. The Kier molecular flexibility index (Phi) is 4.03. The van der Waals surface area contributed by atoms with Gasteiger partial charge < -0.3 is 9.88 Å². The van der Waals surface area contributed by atoms with Gasteiger partial charge >= 0.3 is 0 Å². The first-order chi connectivity index (χ1) is 11.0. The summed E-state index contributed by atoms with van der Waals surface area (Å²) >= 11 is 0. The van der Waals surface area contributed by atoms with E-state index in [0.717, 1.165) is 23.4 Å². The second kappa shape index (κ2) is 5.99. The molecule has 0 unspecified atom stereocenters. The predicted octanol–water partition coefficient (Wildman–Crippen LogP) is 4.37. The number of rotatable bonds is 4. The van der Waals surface area contributed by atoms with E-state index in [2.05, 4.69) is 16.8 Å². The lowest BCUT2D eigenvalue weighted by Crippen LogP contribution is -2.09. The molecular formula is C18H18F2N2O. The van der Waals surface area contributed by atoms with Crippen LogP contribution in [0.1, 0.15) is 35.8 Å². The normalized spacial score (nSPS) is 14.4. The van der Waals surface area contributed by atoms with Gasteiger partial charge in [0.2, 0.25) is 5.91 Å². The Labute approximate surface area is 133 Å². The second-order valence-electron chi connectivity index (χ2n) is 5.87. The SMILES string of the molecule is Cc1cc(/C=C/C(=O)Nc2ccc(F)cc2F)c(C)n1C1CC1. The molecule has 1 N–H and O–H groups in total. The molecule has 1 fully saturated rings. The molecule has 0 aliphatic heterocycles. The molecule has 3 rings (SSSR count). The molecule has 0 atom stereocenters. The van der Waals surface area contributed by atoms with Crippen LogP contribution in [-0.2, 0) is 4.79 Å². The second-order valence-corrected chi connectivity index (χ2v) is 5.87. The van der Waals surface area contributed by atoms with Crippen LogP contribution >= 0.6 is 0 Å². The molecule has 23 heavy (non-hydrogen) atoms. The molecule has 0 radical (unpaired) electrons. The minimum absolute atomic E-state index is 0.0375. The molecule has 1 aliphatic carbocycles. The van der Waals surface area contributed by atoms with Crippen molar-refractivity contribution in [3.8, 4) is 0 Å². The van der Waals surface area contributed by atoms with Gasteiger partial charge in [0.15, 0.2) is 0 Å². The number of carbonyl (C=O) groups is 1. The summed E-state index contributed by atoms with van der Waals surface area (Å²) in [5.74, 6) is -1.92. The van der Waals surface area contributed by atoms with Crippen molar-refractivity contribution in [3.05, 3.63) is 58.9 Å². The smallest absolute Gasteiger partial charge is 0.248 e. The topological polar surface area (TPSA) is 34.0 Å². The van der Waals surface area contributed by atoms with Gasteiger partial charge in [-0.3, -0.25) is 4.79 Å². The number of amides is 1. The lowest BCUT2D eigenvalue weighted by Gasteiger charge is -2.06. The minimum Gasteiger partial charge on any atom is -0.346 e. The van der Waals surface area contributed by atoms with Crippen molar-refractivity contribution in [2.24, 2.45) is 0 Å². The molecule has 1 heterocycles. The highest BCUT2D eigenvalue weighted by atomic mass is 19.1. The number of benzene rings is 1.